The Morgan fingerprint density at radius 2 is 2.38 bits per heavy atom. The van der Waals surface area contributed by atoms with Crippen molar-refractivity contribution in [3.8, 4) is 0 Å². The number of amides is 1. The van der Waals surface area contributed by atoms with Gasteiger partial charge in [-0.2, -0.15) is 0 Å². The maximum absolute atomic E-state index is 12.0. The van der Waals surface area contributed by atoms with E-state index in [1.165, 1.54) is 6.42 Å². The lowest BCUT2D eigenvalue weighted by atomic mass is 10.2. The summed E-state index contributed by atoms with van der Waals surface area (Å²) in [5.41, 5.74) is 6.62. The van der Waals surface area contributed by atoms with Crippen molar-refractivity contribution < 1.29 is 4.79 Å². The van der Waals surface area contributed by atoms with E-state index < -0.39 is 0 Å². The Hall–Kier alpha value is -1.58. The zero-order chi connectivity index (χ0) is 11.7. The summed E-state index contributed by atoms with van der Waals surface area (Å²) in [6, 6.07) is 3.30. The van der Waals surface area contributed by atoms with E-state index in [9.17, 15) is 4.79 Å². The summed E-state index contributed by atoms with van der Waals surface area (Å²) in [6.45, 7) is 3.03. The summed E-state index contributed by atoms with van der Waals surface area (Å²) in [4.78, 5) is 17.7. The van der Waals surface area contributed by atoms with E-state index in [0.29, 0.717) is 17.3 Å². The van der Waals surface area contributed by atoms with Gasteiger partial charge >= 0.3 is 0 Å². The maximum Gasteiger partial charge on any atom is 0.272 e. The van der Waals surface area contributed by atoms with Crippen LogP contribution in [0.15, 0.2) is 18.3 Å². The predicted octanol–water partition coefficient (Wildman–Crippen LogP) is 1.39. The molecule has 16 heavy (non-hydrogen) atoms. The zero-order valence-corrected chi connectivity index (χ0v) is 9.68. The number of carbonyl (C=O) groups is 1. The van der Waals surface area contributed by atoms with Gasteiger partial charge in [0.15, 0.2) is 0 Å². The van der Waals surface area contributed by atoms with Crippen LogP contribution < -0.4 is 5.73 Å². The first-order valence-corrected chi connectivity index (χ1v) is 5.55. The fourth-order valence-corrected chi connectivity index (χ4v) is 1.85. The van der Waals surface area contributed by atoms with E-state index in [4.69, 9.17) is 5.73 Å². The molecule has 4 nitrogen and oxygen atoms in total. The van der Waals surface area contributed by atoms with Crippen LogP contribution in [-0.4, -0.2) is 29.4 Å². The molecule has 0 bridgehead atoms. The van der Waals surface area contributed by atoms with Gasteiger partial charge in [-0.1, -0.05) is 6.92 Å². The van der Waals surface area contributed by atoms with Gasteiger partial charge in [-0.05, 0) is 30.4 Å². The van der Waals surface area contributed by atoms with Crippen molar-refractivity contribution in [2.45, 2.75) is 13.3 Å². The van der Waals surface area contributed by atoms with Crippen LogP contribution in [0.4, 0.5) is 5.69 Å². The third kappa shape index (κ3) is 2.32. The molecule has 1 fully saturated rings. The molecule has 0 saturated heterocycles. The molecule has 1 aliphatic rings. The minimum atomic E-state index is -0.0496. The second-order valence-corrected chi connectivity index (χ2v) is 4.63. The molecule has 2 atom stereocenters. The molecule has 0 radical (unpaired) electrons. The van der Waals surface area contributed by atoms with Crippen molar-refractivity contribution in [1.82, 2.24) is 9.88 Å². The number of hydrogen-bond donors (Lipinski definition) is 1. The standard InChI is InChI=1S/C12H17N3O/c1-8-5-9(8)7-15(2)12(16)11-6-10(13)3-4-14-11/h3-4,6,8-9H,5,7H2,1-2H3,(H2,13,14). The second kappa shape index (κ2) is 4.12. The van der Waals surface area contributed by atoms with E-state index in [2.05, 4.69) is 11.9 Å². The largest absolute Gasteiger partial charge is 0.399 e. The summed E-state index contributed by atoms with van der Waals surface area (Å²) >= 11 is 0. The van der Waals surface area contributed by atoms with Gasteiger partial charge in [0, 0.05) is 25.5 Å². The first-order valence-electron chi connectivity index (χ1n) is 5.55. The van der Waals surface area contributed by atoms with Gasteiger partial charge in [0.1, 0.15) is 5.69 Å². The summed E-state index contributed by atoms with van der Waals surface area (Å²) in [6.07, 6.45) is 2.79. The van der Waals surface area contributed by atoms with Crippen molar-refractivity contribution in [3.63, 3.8) is 0 Å². The molecule has 0 spiro atoms. The van der Waals surface area contributed by atoms with Crippen LogP contribution in [-0.2, 0) is 0 Å². The van der Waals surface area contributed by atoms with Crippen LogP contribution in [0.5, 0.6) is 0 Å². The Morgan fingerprint density at radius 3 is 2.94 bits per heavy atom. The van der Waals surface area contributed by atoms with Crippen LogP contribution in [0.3, 0.4) is 0 Å². The van der Waals surface area contributed by atoms with E-state index in [0.717, 1.165) is 12.5 Å². The van der Waals surface area contributed by atoms with Crippen molar-refractivity contribution >= 4 is 11.6 Å². The Labute approximate surface area is 95.5 Å². The Balaban J connectivity index is 2.01. The minimum absolute atomic E-state index is 0.0496. The average molecular weight is 219 g/mol. The van der Waals surface area contributed by atoms with Crippen molar-refractivity contribution in [2.75, 3.05) is 19.3 Å². The lowest BCUT2D eigenvalue weighted by molar-refractivity contribution is 0.0781. The first-order chi connectivity index (χ1) is 7.58. The number of pyridine rings is 1. The number of anilines is 1. The van der Waals surface area contributed by atoms with E-state index in [1.807, 2.05) is 7.05 Å². The molecule has 4 heteroatoms. The van der Waals surface area contributed by atoms with Crippen molar-refractivity contribution in [1.29, 1.82) is 0 Å². The summed E-state index contributed by atoms with van der Waals surface area (Å²) in [5, 5.41) is 0. The molecule has 1 aromatic heterocycles. The number of aromatic nitrogens is 1. The van der Waals surface area contributed by atoms with Crippen LogP contribution in [0, 0.1) is 11.8 Å². The van der Waals surface area contributed by atoms with Gasteiger partial charge < -0.3 is 10.6 Å². The van der Waals surface area contributed by atoms with Gasteiger partial charge in [0.2, 0.25) is 0 Å². The summed E-state index contributed by atoms with van der Waals surface area (Å²) < 4.78 is 0. The Kier molecular flexibility index (Phi) is 2.81. The van der Waals surface area contributed by atoms with E-state index in [1.54, 1.807) is 23.2 Å². The van der Waals surface area contributed by atoms with Gasteiger partial charge in [0.25, 0.3) is 5.91 Å². The molecule has 1 heterocycles. The highest BCUT2D eigenvalue weighted by Crippen LogP contribution is 2.38. The highest BCUT2D eigenvalue weighted by Gasteiger charge is 2.34. The fraction of sp³-hybridized carbons (Fsp3) is 0.500. The third-order valence-electron chi connectivity index (χ3n) is 3.13. The molecule has 2 rings (SSSR count). The topological polar surface area (TPSA) is 59.2 Å². The molecule has 2 unspecified atom stereocenters. The number of nitrogens with two attached hydrogens (primary N) is 1. The first kappa shape index (κ1) is 10.9. The van der Waals surface area contributed by atoms with Gasteiger partial charge in [0.05, 0.1) is 0 Å². The smallest absolute Gasteiger partial charge is 0.272 e. The zero-order valence-electron chi connectivity index (χ0n) is 9.68. The number of hydrogen-bond acceptors (Lipinski definition) is 3. The Bertz CT molecular complexity index is 405. The molecule has 1 saturated carbocycles. The highest BCUT2D eigenvalue weighted by molar-refractivity contribution is 5.92. The molecule has 1 aliphatic carbocycles. The molecule has 1 amide bonds. The fourth-order valence-electron chi connectivity index (χ4n) is 1.85. The molecule has 1 aromatic rings. The molecule has 86 valence electrons. The molecule has 2 N–H and O–H groups in total. The average Bonchev–Trinajstić information content (AvgIpc) is 2.93. The molecule has 0 aromatic carbocycles. The van der Waals surface area contributed by atoms with Gasteiger partial charge in [-0.25, -0.2) is 0 Å². The van der Waals surface area contributed by atoms with E-state index in [-0.39, 0.29) is 5.91 Å². The predicted molar refractivity (Wildman–Crippen MR) is 62.9 cm³/mol. The quantitative estimate of drug-likeness (QED) is 0.835. The molecular formula is C12H17N3O. The highest BCUT2D eigenvalue weighted by atomic mass is 16.2. The van der Waals surface area contributed by atoms with Crippen LogP contribution in [0.2, 0.25) is 0 Å². The number of nitrogens with zero attached hydrogens (tertiary/aromatic N) is 2. The number of carbonyl (C=O) groups excluding carboxylic acids is 1. The van der Waals surface area contributed by atoms with Crippen LogP contribution >= 0.6 is 0 Å². The lowest BCUT2D eigenvalue weighted by Crippen LogP contribution is -2.29. The van der Waals surface area contributed by atoms with Crippen LogP contribution in [0.1, 0.15) is 23.8 Å². The van der Waals surface area contributed by atoms with E-state index >= 15 is 0 Å². The molecular weight excluding hydrogens is 202 g/mol. The Morgan fingerprint density at radius 1 is 1.69 bits per heavy atom. The summed E-state index contributed by atoms with van der Waals surface area (Å²) in [7, 11) is 1.82. The van der Waals surface area contributed by atoms with Gasteiger partial charge in [-0.15, -0.1) is 0 Å². The number of rotatable bonds is 3. The lowest BCUT2D eigenvalue weighted by Gasteiger charge is -2.16. The molecule has 0 aliphatic heterocycles. The van der Waals surface area contributed by atoms with Gasteiger partial charge in [-0.3, -0.25) is 9.78 Å². The third-order valence-corrected chi connectivity index (χ3v) is 3.13. The normalized spacial score (nSPS) is 22.9. The summed E-state index contributed by atoms with van der Waals surface area (Å²) in [5.74, 6) is 1.37. The number of nitrogen functional groups attached to an aromatic ring is 1. The van der Waals surface area contributed by atoms with Crippen molar-refractivity contribution in [2.24, 2.45) is 11.8 Å². The van der Waals surface area contributed by atoms with Crippen molar-refractivity contribution in [3.05, 3.63) is 24.0 Å². The SMILES string of the molecule is CC1CC1CN(C)C(=O)c1cc(N)ccn1. The maximum atomic E-state index is 12.0. The monoisotopic (exact) mass is 219 g/mol. The van der Waals surface area contributed by atoms with Crippen LogP contribution in [0.25, 0.3) is 0 Å². The minimum Gasteiger partial charge on any atom is -0.399 e. The second-order valence-electron chi connectivity index (χ2n) is 4.63.